The van der Waals surface area contributed by atoms with Crippen molar-refractivity contribution in [1.82, 2.24) is 5.32 Å². The standard InChI is InChI=1S/C13H18N2O4/c1-2-19-9-12(17)15-11-5-3-10(4-6-11)13(18)14-7-8-16/h3-6,16H,2,7-9H2,1H3,(H,14,18)(H,15,17). The fourth-order valence-corrected chi connectivity index (χ4v) is 1.37. The molecule has 2 amide bonds. The number of hydrogen-bond acceptors (Lipinski definition) is 4. The van der Waals surface area contributed by atoms with E-state index in [0.29, 0.717) is 17.9 Å². The van der Waals surface area contributed by atoms with Crippen molar-refractivity contribution in [1.29, 1.82) is 0 Å². The molecule has 0 aliphatic heterocycles. The second-order valence-corrected chi connectivity index (χ2v) is 3.74. The minimum absolute atomic E-state index is 0.00916. The zero-order valence-electron chi connectivity index (χ0n) is 10.8. The van der Waals surface area contributed by atoms with Crippen molar-refractivity contribution in [2.75, 3.05) is 31.7 Å². The fourth-order valence-electron chi connectivity index (χ4n) is 1.37. The molecule has 0 aromatic heterocycles. The fraction of sp³-hybridized carbons (Fsp3) is 0.385. The first-order valence-corrected chi connectivity index (χ1v) is 6.04. The van der Waals surface area contributed by atoms with Gasteiger partial charge in [-0.25, -0.2) is 0 Å². The Morgan fingerprint density at radius 2 is 1.95 bits per heavy atom. The summed E-state index contributed by atoms with van der Waals surface area (Å²) in [6.45, 7) is 2.42. The molecule has 0 saturated heterocycles. The van der Waals surface area contributed by atoms with Gasteiger partial charge in [0.15, 0.2) is 0 Å². The Kier molecular flexibility index (Phi) is 6.56. The summed E-state index contributed by atoms with van der Waals surface area (Å²) in [5, 5.41) is 13.8. The number of amides is 2. The number of benzene rings is 1. The highest BCUT2D eigenvalue weighted by Crippen LogP contribution is 2.09. The van der Waals surface area contributed by atoms with Crippen LogP contribution in [0.1, 0.15) is 17.3 Å². The molecule has 19 heavy (non-hydrogen) atoms. The average Bonchev–Trinajstić information content (AvgIpc) is 2.43. The average molecular weight is 266 g/mol. The van der Waals surface area contributed by atoms with E-state index >= 15 is 0 Å². The van der Waals surface area contributed by atoms with Crippen molar-refractivity contribution in [2.24, 2.45) is 0 Å². The lowest BCUT2D eigenvalue weighted by atomic mass is 10.2. The zero-order valence-corrected chi connectivity index (χ0v) is 10.8. The Bertz CT molecular complexity index is 417. The van der Waals surface area contributed by atoms with Crippen LogP contribution in [-0.2, 0) is 9.53 Å². The molecule has 104 valence electrons. The van der Waals surface area contributed by atoms with Gasteiger partial charge in [0, 0.05) is 24.4 Å². The van der Waals surface area contributed by atoms with E-state index in [0.717, 1.165) is 0 Å². The van der Waals surface area contributed by atoms with E-state index in [4.69, 9.17) is 9.84 Å². The number of hydrogen-bond donors (Lipinski definition) is 3. The number of carbonyl (C=O) groups is 2. The quantitative estimate of drug-likeness (QED) is 0.666. The normalized spacial score (nSPS) is 10.0. The molecule has 1 aromatic carbocycles. The van der Waals surface area contributed by atoms with Crippen LogP contribution >= 0.6 is 0 Å². The first-order valence-electron chi connectivity index (χ1n) is 6.04. The third-order valence-electron chi connectivity index (χ3n) is 2.27. The maximum absolute atomic E-state index is 11.5. The zero-order chi connectivity index (χ0) is 14.1. The van der Waals surface area contributed by atoms with Crippen molar-refractivity contribution in [2.45, 2.75) is 6.92 Å². The summed E-state index contributed by atoms with van der Waals surface area (Å²) >= 11 is 0. The van der Waals surface area contributed by atoms with Crippen LogP contribution in [0.5, 0.6) is 0 Å². The predicted molar refractivity (Wildman–Crippen MR) is 71.0 cm³/mol. The van der Waals surface area contributed by atoms with Gasteiger partial charge in [-0.3, -0.25) is 9.59 Å². The van der Waals surface area contributed by atoms with Gasteiger partial charge in [-0.05, 0) is 31.2 Å². The van der Waals surface area contributed by atoms with Crippen molar-refractivity contribution in [3.8, 4) is 0 Å². The van der Waals surface area contributed by atoms with Gasteiger partial charge in [0.05, 0.1) is 6.61 Å². The molecule has 0 aliphatic rings. The van der Waals surface area contributed by atoms with Gasteiger partial charge < -0.3 is 20.5 Å². The van der Waals surface area contributed by atoms with Crippen molar-refractivity contribution >= 4 is 17.5 Å². The van der Waals surface area contributed by atoms with Gasteiger partial charge >= 0.3 is 0 Å². The Labute approximate surface area is 111 Å². The summed E-state index contributed by atoms with van der Waals surface area (Å²) < 4.78 is 4.97. The van der Waals surface area contributed by atoms with E-state index < -0.39 is 0 Å². The van der Waals surface area contributed by atoms with Gasteiger partial charge in [-0.2, -0.15) is 0 Å². The van der Waals surface area contributed by atoms with Gasteiger partial charge in [-0.1, -0.05) is 0 Å². The van der Waals surface area contributed by atoms with E-state index in [9.17, 15) is 9.59 Å². The number of carbonyl (C=O) groups excluding carboxylic acids is 2. The molecule has 0 atom stereocenters. The molecule has 0 fully saturated rings. The SMILES string of the molecule is CCOCC(=O)Nc1ccc(C(=O)NCCO)cc1. The number of aliphatic hydroxyl groups excluding tert-OH is 1. The van der Waals surface area contributed by atoms with Crippen molar-refractivity contribution in [3.05, 3.63) is 29.8 Å². The van der Waals surface area contributed by atoms with Gasteiger partial charge in [-0.15, -0.1) is 0 Å². The maximum atomic E-state index is 11.5. The molecule has 0 aliphatic carbocycles. The van der Waals surface area contributed by atoms with Gasteiger partial charge in [0.1, 0.15) is 6.61 Å². The van der Waals surface area contributed by atoms with Crippen LogP contribution in [0, 0.1) is 0 Å². The summed E-state index contributed by atoms with van der Waals surface area (Å²) in [5.41, 5.74) is 1.07. The minimum atomic E-state index is -0.263. The molecule has 0 bridgehead atoms. The lowest BCUT2D eigenvalue weighted by Gasteiger charge is -2.07. The highest BCUT2D eigenvalue weighted by molar-refractivity contribution is 5.96. The van der Waals surface area contributed by atoms with Crippen molar-refractivity contribution in [3.63, 3.8) is 0 Å². The summed E-state index contributed by atoms with van der Waals surface area (Å²) in [4.78, 5) is 22.9. The molecule has 1 aromatic rings. The molecule has 6 heteroatoms. The summed E-state index contributed by atoms with van der Waals surface area (Å²) in [6, 6.07) is 6.47. The molecular formula is C13H18N2O4. The molecule has 3 N–H and O–H groups in total. The minimum Gasteiger partial charge on any atom is -0.395 e. The van der Waals surface area contributed by atoms with E-state index in [-0.39, 0.29) is 31.6 Å². The second kappa shape index (κ2) is 8.23. The van der Waals surface area contributed by atoms with Crippen LogP contribution in [0.2, 0.25) is 0 Å². The van der Waals surface area contributed by atoms with E-state index in [1.807, 2.05) is 6.92 Å². The lowest BCUT2D eigenvalue weighted by molar-refractivity contribution is -0.120. The Hall–Kier alpha value is -1.92. The summed E-state index contributed by atoms with van der Waals surface area (Å²) in [6.07, 6.45) is 0. The molecule has 0 radical (unpaired) electrons. The molecule has 6 nitrogen and oxygen atoms in total. The molecule has 0 unspecified atom stereocenters. The Morgan fingerprint density at radius 1 is 1.26 bits per heavy atom. The van der Waals surface area contributed by atoms with Gasteiger partial charge in [0.25, 0.3) is 5.91 Å². The largest absolute Gasteiger partial charge is 0.395 e. The molecule has 0 spiro atoms. The van der Waals surface area contributed by atoms with Crippen LogP contribution in [0.25, 0.3) is 0 Å². The molecule has 0 heterocycles. The predicted octanol–water partition coefficient (Wildman–Crippen LogP) is 0.384. The first kappa shape index (κ1) is 15.1. The van der Waals surface area contributed by atoms with Crippen LogP contribution in [0.3, 0.4) is 0 Å². The smallest absolute Gasteiger partial charge is 0.251 e. The Balaban J connectivity index is 2.51. The van der Waals surface area contributed by atoms with Crippen molar-refractivity contribution < 1.29 is 19.4 Å². The summed E-state index contributed by atoms with van der Waals surface area (Å²) in [7, 11) is 0. The number of rotatable bonds is 7. The van der Waals surface area contributed by atoms with E-state index in [1.165, 1.54) is 0 Å². The molecular weight excluding hydrogens is 248 g/mol. The number of aliphatic hydroxyl groups is 1. The molecule has 1 rings (SSSR count). The van der Waals surface area contributed by atoms with E-state index in [2.05, 4.69) is 10.6 Å². The highest BCUT2D eigenvalue weighted by atomic mass is 16.5. The number of ether oxygens (including phenoxy) is 1. The monoisotopic (exact) mass is 266 g/mol. The third kappa shape index (κ3) is 5.50. The third-order valence-corrected chi connectivity index (χ3v) is 2.27. The van der Waals surface area contributed by atoms with Gasteiger partial charge in [0.2, 0.25) is 5.91 Å². The molecule has 0 saturated carbocycles. The summed E-state index contributed by atoms with van der Waals surface area (Å²) in [5.74, 6) is -0.499. The second-order valence-electron chi connectivity index (χ2n) is 3.74. The highest BCUT2D eigenvalue weighted by Gasteiger charge is 2.05. The topological polar surface area (TPSA) is 87.7 Å². The maximum Gasteiger partial charge on any atom is 0.251 e. The lowest BCUT2D eigenvalue weighted by Crippen LogP contribution is -2.26. The van der Waals surface area contributed by atoms with E-state index in [1.54, 1.807) is 24.3 Å². The number of nitrogens with one attached hydrogen (secondary N) is 2. The first-order chi connectivity index (χ1) is 9.17. The van der Waals surface area contributed by atoms with Crippen LogP contribution in [-0.4, -0.2) is 43.3 Å². The van der Waals surface area contributed by atoms with Crippen LogP contribution in [0.4, 0.5) is 5.69 Å². The number of anilines is 1. The Morgan fingerprint density at radius 3 is 2.53 bits per heavy atom. The van der Waals surface area contributed by atoms with Crippen LogP contribution in [0.15, 0.2) is 24.3 Å². The van der Waals surface area contributed by atoms with Crippen LogP contribution < -0.4 is 10.6 Å².